The highest BCUT2D eigenvalue weighted by Crippen LogP contribution is 2.31. The average Bonchev–Trinajstić information content (AvgIpc) is 3.39. The van der Waals surface area contributed by atoms with Gasteiger partial charge >= 0.3 is 0 Å². The first-order valence-electron chi connectivity index (χ1n) is 15.3. The molecule has 1 heterocycles. The zero-order valence-corrected chi connectivity index (χ0v) is 26.1. The number of amides is 1. The van der Waals surface area contributed by atoms with Crippen molar-refractivity contribution in [3.8, 4) is 17.2 Å². The van der Waals surface area contributed by atoms with E-state index in [1.807, 2.05) is 30.3 Å². The van der Waals surface area contributed by atoms with Crippen LogP contribution in [0.1, 0.15) is 94.4 Å². The van der Waals surface area contributed by atoms with Gasteiger partial charge in [-0.3, -0.25) is 4.79 Å². The van der Waals surface area contributed by atoms with E-state index in [4.69, 9.17) is 14.2 Å². The van der Waals surface area contributed by atoms with Crippen molar-refractivity contribution in [1.29, 1.82) is 0 Å². The predicted molar refractivity (Wildman–Crippen MR) is 168 cm³/mol. The lowest BCUT2D eigenvalue weighted by atomic mass is 10.1. The summed E-state index contributed by atoms with van der Waals surface area (Å²) in [7, 11) is 1.63. The van der Waals surface area contributed by atoms with Gasteiger partial charge in [0.2, 0.25) is 5.51 Å². The number of hydrogen-bond donors (Lipinski definition) is 1. The van der Waals surface area contributed by atoms with E-state index in [9.17, 15) is 4.79 Å². The van der Waals surface area contributed by atoms with Crippen molar-refractivity contribution in [1.82, 2.24) is 0 Å². The second kappa shape index (κ2) is 19.1. The molecular formula is C34H49N2O4S+. The summed E-state index contributed by atoms with van der Waals surface area (Å²) >= 11 is 1.70. The molecule has 3 aromatic rings. The molecule has 0 spiro atoms. The maximum Gasteiger partial charge on any atom is 0.262 e. The fourth-order valence-corrected chi connectivity index (χ4v) is 5.46. The van der Waals surface area contributed by atoms with Crippen molar-refractivity contribution in [2.75, 3.05) is 25.6 Å². The molecule has 1 amide bonds. The van der Waals surface area contributed by atoms with Gasteiger partial charge in [0.05, 0.1) is 24.3 Å². The number of aryl methyl sites for hydroxylation is 1. The van der Waals surface area contributed by atoms with Gasteiger partial charge in [0.15, 0.2) is 30.8 Å². The van der Waals surface area contributed by atoms with Crippen LogP contribution in [0.2, 0.25) is 0 Å². The fraction of sp³-hybridized carbons (Fsp3) is 0.529. The van der Waals surface area contributed by atoms with Gasteiger partial charge in [-0.1, -0.05) is 107 Å². The molecule has 0 bridgehead atoms. The van der Waals surface area contributed by atoms with E-state index in [1.165, 1.54) is 75.5 Å². The Morgan fingerprint density at radius 1 is 0.854 bits per heavy atom. The summed E-state index contributed by atoms with van der Waals surface area (Å²) in [6.07, 6.45) is 17.8. The van der Waals surface area contributed by atoms with Gasteiger partial charge in [-0.15, -0.1) is 0 Å². The van der Waals surface area contributed by atoms with Crippen LogP contribution in [-0.2, 0) is 11.3 Å². The normalized spacial score (nSPS) is 10.9. The minimum atomic E-state index is -0.210. The van der Waals surface area contributed by atoms with E-state index >= 15 is 0 Å². The van der Waals surface area contributed by atoms with Crippen LogP contribution in [0, 0.1) is 6.92 Å². The van der Waals surface area contributed by atoms with Crippen LogP contribution in [0.5, 0.6) is 17.2 Å². The number of nitrogens with zero attached hydrogens (tertiary/aromatic N) is 1. The number of hydrogen-bond acceptors (Lipinski definition) is 5. The molecule has 0 saturated carbocycles. The molecule has 6 nitrogen and oxygen atoms in total. The second-order valence-corrected chi connectivity index (χ2v) is 11.8. The Bertz CT molecular complexity index is 1160. The monoisotopic (exact) mass is 581 g/mol. The minimum Gasteiger partial charge on any atom is -0.493 e. The number of rotatable bonds is 21. The van der Waals surface area contributed by atoms with Crippen LogP contribution in [0.25, 0.3) is 0 Å². The molecule has 2 aromatic carbocycles. The molecule has 0 aliphatic rings. The number of anilines is 1. The van der Waals surface area contributed by atoms with E-state index in [1.54, 1.807) is 30.6 Å². The third kappa shape index (κ3) is 12.6. The summed E-state index contributed by atoms with van der Waals surface area (Å²) in [6, 6.07) is 13.3. The Morgan fingerprint density at radius 2 is 1.54 bits per heavy atom. The molecule has 0 radical (unpaired) electrons. The highest BCUT2D eigenvalue weighted by Gasteiger charge is 2.13. The Balaban J connectivity index is 1.36. The molecule has 1 N–H and O–H groups in total. The number of nitrogens with one attached hydrogen (secondary N) is 1. The van der Waals surface area contributed by atoms with Gasteiger partial charge in [-0.25, -0.2) is 0 Å². The number of ether oxygens (including phenoxy) is 3. The van der Waals surface area contributed by atoms with E-state index in [0.29, 0.717) is 30.4 Å². The predicted octanol–water partition coefficient (Wildman–Crippen LogP) is 8.50. The molecule has 0 fully saturated rings. The third-order valence-corrected chi connectivity index (χ3v) is 7.98. The fourth-order valence-electron chi connectivity index (χ4n) is 4.82. The maximum atomic E-state index is 12.7. The average molecular weight is 582 g/mol. The van der Waals surface area contributed by atoms with Crippen LogP contribution in [0.4, 0.5) is 5.69 Å². The number of carbonyl (C=O) groups is 1. The summed E-state index contributed by atoms with van der Waals surface area (Å²) in [6.45, 7) is 5.59. The minimum absolute atomic E-state index is 0.0937. The number of aromatic nitrogens is 1. The van der Waals surface area contributed by atoms with E-state index in [2.05, 4.69) is 35.4 Å². The second-order valence-electron chi connectivity index (χ2n) is 10.7. The molecule has 0 aliphatic heterocycles. The van der Waals surface area contributed by atoms with Gasteiger partial charge in [0, 0.05) is 11.6 Å². The highest BCUT2D eigenvalue weighted by molar-refractivity contribution is 7.09. The molecule has 0 unspecified atom stereocenters. The largest absolute Gasteiger partial charge is 0.493 e. The Morgan fingerprint density at radius 3 is 2.20 bits per heavy atom. The first-order chi connectivity index (χ1) is 20.1. The Labute approximate surface area is 251 Å². The first-order valence-corrected chi connectivity index (χ1v) is 16.2. The molecule has 7 heteroatoms. The van der Waals surface area contributed by atoms with Gasteiger partial charge in [0.25, 0.3) is 5.91 Å². The zero-order chi connectivity index (χ0) is 29.1. The van der Waals surface area contributed by atoms with Crippen molar-refractivity contribution in [2.24, 2.45) is 0 Å². The number of benzene rings is 2. The molecule has 224 valence electrons. The standard InChI is InChI=1S/C34H48N2O4S/c1-4-5-6-7-8-9-10-11-12-13-14-17-22-39-33-23-30(20-21-32(33)38-3)40-26-34(37)35-31-19-16-15-18-29(31)25-36-24-28(2)41-27-36/h15-16,18-21,23-24,27H,4-14,17,22,25-26H2,1-3H3/p+1. The quantitative estimate of drug-likeness (QED) is 0.101. The summed E-state index contributed by atoms with van der Waals surface area (Å²) in [4.78, 5) is 14.0. The van der Waals surface area contributed by atoms with Crippen LogP contribution in [-0.4, -0.2) is 26.2 Å². The number of methoxy groups -OCH3 is 1. The highest BCUT2D eigenvalue weighted by atomic mass is 32.1. The lowest BCUT2D eigenvalue weighted by Gasteiger charge is -2.13. The van der Waals surface area contributed by atoms with Crippen molar-refractivity contribution in [3.05, 3.63) is 64.6 Å². The lowest BCUT2D eigenvalue weighted by molar-refractivity contribution is -0.683. The van der Waals surface area contributed by atoms with Gasteiger partial charge in [0.1, 0.15) is 5.75 Å². The van der Waals surface area contributed by atoms with Crippen molar-refractivity contribution in [2.45, 2.75) is 97.4 Å². The van der Waals surface area contributed by atoms with Crippen LogP contribution in [0.3, 0.4) is 0 Å². The summed E-state index contributed by atoms with van der Waals surface area (Å²) in [5.41, 5.74) is 3.92. The number of unbranched alkanes of at least 4 members (excludes halogenated alkanes) is 11. The SMILES string of the molecule is CCCCCCCCCCCCCCOc1cc(OCC(=O)Nc2ccccc2C[n+]2csc(C)c2)ccc1OC. The van der Waals surface area contributed by atoms with Crippen LogP contribution >= 0.6 is 11.3 Å². The van der Waals surface area contributed by atoms with Gasteiger partial charge in [-0.05, 0) is 31.5 Å². The van der Waals surface area contributed by atoms with Gasteiger partial charge < -0.3 is 19.5 Å². The van der Waals surface area contributed by atoms with E-state index < -0.39 is 0 Å². The lowest BCUT2D eigenvalue weighted by Crippen LogP contribution is -2.31. The molecule has 41 heavy (non-hydrogen) atoms. The summed E-state index contributed by atoms with van der Waals surface area (Å²) in [5, 5.41) is 3.00. The molecule has 0 aliphatic carbocycles. The number of thiazole rings is 1. The number of para-hydroxylation sites is 1. The van der Waals surface area contributed by atoms with Crippen molar-refractivity contribution >= 4 is 22.9 Å². The summed E-state index contributed by atoms with van der Waals surface area (Å²) < 4.78 is 19.4. The maximum absolute atomic E-state index is 12.7. The van der Waals surface area contributed by atoms with Crippen molar-refractivity contribution in [3.63, 3.8) is 0 Å². The smallest absolute Gasteiger partial charge is 0.262 e. The van der Waals surface area contributed by atoms with E-state index in [-0.39, 0.29) is 12.5 Å². The zero-order valence-electron chi connectivity index (χ0n) is 25.3. The Kier molecular flexibility index (Phi) is 15.1. The first kappa shape index (κ1) is 32.5. The van der Waals surface area contributed by atoms with Gasteiger partial charge in [-0.2, -0.15) is 4.57 Å². The molecule has 0 saturated heterocycles. The topological polar surface area (TPSA) is 60.7 Å². The molecule has 1 aromatic heterocycles. The third-order valence-electron chi connectivity index (χ3n) is 7.13. The van der Waals surface area contributed by atoms with Crippen molar-refractivity contribution < 1.29 is 23.6 Å². The Hall–Kier alpha value is -3.06. The van der Waals surface area contributed by atoms with Crippen LogP contribution < -0.4 is 24.1 Å². The molecule has 3 rings (SSSR count). The molecular weight excluding hydrogens is 532 g/mol. The molecule has 0 atom stereocenters. The van der Waals surface area contributed by atoms with E-state index in [0.717, 1.165) is 17.7 Å². The number of carbonyl (C=O) groups excluding carboxylic acids is 1. The van der Waals surface area contributed by atoms with Crippen LogP contribution in [0.15, 0.2) is 54.2 Å². The summed E-state index contributed by atoms with van der Waals surface area (Å²) in [5.74, 6) is 1.67.